The Kier molecular flexibility index (Phi) is 22.3. The van der Waals surface area contributed by atoms with Crippen molar-refractivity contribution < 1.29 is 53.5 Å². The van der Waals surface area contributed by atoms with Crippen molar-refractivity contribution in [2.24, 2.45) is 0 Å². The second-order valence-electron chi connectivity index (χ2n) is 23.0. The average Bonchev–Trinajstić information content (AvgIpc) is 3.10. The van der Waals surface area contributed by atoms with E-state index in [4.69, 9.17) is 53.5 Å². The number of rotatable bonds is 29. The summed E-state index contributed by atoms with van der Waals surface area (Å²) in [4.78, 5) is 0. The SMILES string of the molecule is C[SiH](C)O[Si](C)(C)O[Si](C)(C)O[Si](C)(C)O[Si](C)(C)O[Si](C)(C)O[Si](C)(C)O[Si](C)(C)O[Si](C)(C)O[Si](C)(C)O[Si](C)(O[Si](C)(O[Si](C)(O[SiH](C)C)c1ccccc1)c1ccccc1)c1ccccc1. The van der Waals surface area contributed by atoms with Crippen molar-refractivity contribution in [1.29, 1.82) is 0 Å². The van der Waals surface area contributed by atoms with Crippen LogP contribution in [-0.2, 0) is 53.5 Å². The molecule has 27 heteroatoms. The van der Waals surface area contributed by atoms with Crippen LogP contribution in [0.4, 0.5) is 0 Å². The van der Waals surface area contributed by atoms with E-state index < -0.39 is 121 Å². The minimum Gasteiger partial charge on any atom is -0.440 e. The molecule has 70 heavy (non-hydrogen) atoms. The molecule has 3 aromatic carbocycles. The Morgan fingerprint density at radius 1 is 0.229 bits per heavy atom. The summed E-state index contributed by atoms with van der Waals surface area (Å²) in [5.41, 5.74) is 0. The van der Waals surface area contributed by atoms with Gasteiger partial charge in [-0.3, -0.25) is 0 Å². The van der Waals surface area contributed by atoms with Crippen molar-refractivity contribution in [2.75, 3.05) is 0 Å². The summed E-state index contributed by atoms with van der Waals surface area (Å²) < 4.78 is 91.1. The summed E-state index contributed by atoms with van der Waals surface area (Å²) in [6.07, 6.45) is 0. The summed E-state index contributed by atoms with van der Waals surface area (Å²) >= 11 is 0. The van der Waals surface area contributed by atoms with Crippen LogP contribution in [-0.4, -0.2) is 121 Å². The highest BCUT2D eigenvalue weighted by molar-refractivity contribution is 7.01. The van der Waals surface area contributed by atoms with Gasteiger partial charge in [0, 0.05) is 0 Å². The van der Waals surface area contributed by atoms with Crippen molar-refractivity contribution >= 4 is 136 Å². The first kappa shape index (κ1) is 64.5. The molecular formula is C43H92O13Si14. The predicted molar refractivity (Wildman–Crippen MR) is 322 cm³/mol. The van der Waals surface area contributed by atoms with Gasteiger partial charge in [0.25, 0.3) is 0 Å². The maximum atomic E-state index is 7.65. The molecule has 0 heterocycles. The Hall–Kier alpha value is 0.176. The third kappa shape index (κ3) is 22.0. The lowest BCUT2D eigenvalue weighted by molar-refractivity contribution is 0.253. The first-order valence-corrected chi connectivity index (χ1v) is 62.5. The van der Waals surface area contributed by atoms with E-state index in [1.807, 2.05) is 42.5 Å². The molecule has 3 atom stereocenters. The summed E-state index contributed by atoms with van der Waals surface area (Å²) in [6.45, 7) is 52.6. The molecule has 0 bridgehead atoms. The molecule has 0 saturated heterocycles. The monoisotopic (exact) mass is 1210 g/mol. The molecule has 0 spiro atoms. The van der Waals surface area contributed by atoms with Crippen LogP contribution in [0.25, 0.3) is 0 Å². The molecule has 0 aliphatic rings. The van der Waals surface area contributed by atoms with Gasteiger partial charge < -0.3 is 53.5 Å². The van der Waals surface area contributed by atoms with Gasteiger partial charge in [0.05, 0.1) is 0 Å². The van der Waals surface area contributed by atoms with Crippen LogP contribution in [0.15, 0.2) is 91.0 Å². The quantitative estimate of drug-likeness (QED) is 0.0614. The van der Waals surface area contributed by atoms with Crippen molar-refractivity contribution in [3.8, 4) is 0 Å². The Bertz CT molecular complexity index is 2090. The number of hydrogen-bond donors (Lipinski definition) is 0. The molecular weight excluding hydrogens is 1120 g/mol. The third-order valence-corrected chi connectivity index (χ3v) is 63.2. The molecule has 0 aromatic heterocycles. The van der Waals surface area contributed by atoms with E-state index in [-0.39, 0.29) is 0 Å². The van der Waals surface area contributed by atoms with Gasteiger partial charge in [-0.2, -0.15) is 0 Å². The Balaban J connectivity index is 1.84. The summed E-state index contributed by atoms with van der Waals surface area (Å²) in [5.74, 6) is 0. The van der Waals surface area contributed by atoms with Gasteiger partial charge in [0.15, 0.2) is 18.1 Å². The molecule has 3 rings (SSSR count). The Labute approximate surface area is 441 Å². The zero-order chi connectivity index (χ0) is 53.7. The fraction of sp³-hybridized carbons (Fsp3) is 0.581. The van der Waals surface area contributed by atoms with E-state index >= 15 is 0 Å². The first-order valence-electron chi connectivity index (χ1n) is 24.7. The summed E-state index contributed by atoms with van der Waals surface area (Å²) in [7, 11) is -37.4. The largest absolute Gasteiger partial charge is 0.440 e. The van der Waals surface area contributed by atoms with E-state index in [1.54, 1.807) is 0 Å². The molecule has 3 aromatic rings. The Morgan fingerprint density at radius 3 is 0.686 bits per heavy atom. The van der Waals surface area contributed by atoms with Crippen LogP contribution in [0, 0.1) is 0 Å². The van der Waals surface area contributed by atoms with Gasteiger partial charge in [-0.1, -0.05) is 91.0 Å². The van der Waals surface area contributed by atoms with Gasteiger partial charge in [0.1, 0.15) is 0 Å². The second-order valence-corrected chi connectivity index (χ2v) is 70.7. The maximum absolute atomic E-state index is 7.65. The standard InChI is InChI=1S/C43H92O13Si14/c1-57(2)44-59(5,6)46-60(7,8)47-61(9,10)48-62(11,12)49-63(13,14)50-64(15,16)51-65(17,18)52-66(19,20)53-67(21,22)54-69(24,42-37-31-27-32-38-42)56-70(25,43-39-33-28-34-40-43)55-68(23,45-58(3)4)41-35-29-26-30-36-41/h26-40,57-58H,1-25H3. The van der Waals surface area contributed by atoms with E-state index in [2.05, 4.69) is 212 Å². The van der Waals surface area contributed by atoms with Crippen molar-refractivity contribution in [3.63, 3.8) is 0 Å². The van der Waals surface area contributed by atoms with Crippen LogP contribution >= 0.6 is 0 Å². The van der Waals surface area contributed by atoms with E-state index in [0.717, 1.165) is 15.6 Å². The van der Waals surface area contributed by atoms with Crippen molar-refractivity contribution in [1.82, 2.24) is 0 Å². The van der Waals surface area contributed by atoms with Crippen molar-refractivity contribution in [3.05, 3.63) is 91.0 Å². The molecule has 0 aliphatic heterocycles. The predicted octanol–water partition coefficient (Wildman–Crippen LogP) is 10.4. The molecule has 13 nitrogen and oxygen atoms in total. The van der Waals surface area contributed by atoms with E-state index in [1.165, 1.54) is 0 Å². The van der Waals surface area contributed by atoms with E-state index in [9.17, 15) is 0 Å². The van der Waals surface area contributed by atoms with Crippen LogP contribution in [0.5, 0.6) is 0 Å². The van der Waals surface area contributed by atoms with Gasteiger partial charge in [-0.05, 0) is 179 Å². The molecule has 0 N–H and O–H groups in total. The molecule has 0 amide bonds. The molecule has 0 radical (unpaired) electrons. The smallest absolute Gasteiger partial charge is 0.352 e. The van der Waals surface area contributed by atoms with Gasteiger partial charge in [0.2, 0.25) is 0 Å². The molecule has 398 valence electrons. The number of benzene rings is 3. The highest BCUT2D eigenvalue weighted by Gasteiger charge is 2.55. The molecule has 0 aliphatic carbocycles. The van der Waals surface area contributed by atoms with E-state index in [0.29, 0.717) is 0 Å². The van der Waals surface area contributed by atoms with Crippen LogP contribution < -0.4 is 15.6 Å². The Morgan fingerprint density at radius 2 is 0.429 bits per heavy atom. The third-order valence-electron chi connectivity index (χ3n) is 10.0. The zero-order valence-corrected chi connectivity index (χ0v) is 61.9. The lowest BCUT2D eigenvalue weighted by Crippen LogP contribution is -2.71. The minimum absolute atomic E-state index is 0.991. The topological polar surface area (TPSA) is 120 Å². The van der Waals surface area contributed by atoms with Crippen LogP contribution in [0.3, 0.4) is 0 Å². The second kappa shape index (κ2) is 24.2. The highest BCUT2D eigenvalue weighted by atomic mass is 28.5. The highest BCUT2D eigenvalue weighted by Crippen LogP contribution is 2.32. The fourth-order valence-electron chi connectivity index (χ4n) is 9.81. The average molecular weight is 1210 g/mol. The lowest BCUT2D eigenvalue weighted by Gasteiger charge is -2.46. The normalized spacial score (nSPS) is 16.8. The summed E-state index contributed by atoms with van der Waals surface area (Å²) in [5, 5.41) is 3.07. The van der Waals surface area contributed by atoms with Crippen LogP contribution in [0.1, 0.15) is 0 Å². The maximum Gasteiger partial charge on any atom is 0.352 e. The lowest BCUT2D eigenvalue weighted by atomic mass is 10.4. The fourth-order valence-corrected chi connectivity index (χ4v) is 77.5. The molecule has 0 saturated carbocycles. The van der Waals surface area contributed by atoms with Crippen molar-refractivity contribution in [2.45, 2.75) is 164 Å². The first-order chi connectivity index (χ1) is 31.4. The molecule has 3 unspecified atom stereocenters. The summed E-state index contributed by atoms with van der Waals surface area (Å²) in [6, 6.07) is 31.0. The van der Waals surface area contributed by atoms with Gasteiger partial charge in [-0.15, -0.1) is 0 Å². The molecule has 0 fully saturated rings. The van der Waals surface area contributed by atoms with Crippen LogP contribution in [0.2, 0.25) is 164 Å². The minimum atomic E-state index is -3.35. The van der Waals surface area contributed by atoms with Gasteiger partial charge in [-0.25, -0.2) is 0 Å². The van der Waals surface area contributed by atoms with Gasteiger partial charge >= 0.3 is 103 Å². The zero-order valence-electron chi connectivity index (χ0n) is 47.6. The number of hydrogen-bond acceptors (Lipinski definition) is 13.